The molecule has 0 radical (unpaired) electrons. The van der Waals surface area contributed by atoms with E-state index in [9.17, 15) is 13.2 Å². The number of H-pyrrole nitrogens is 1. The second-order valence-corrected chi connectivity index (χ2v) is 12.3. The van der Waals surface area contributed by atoms with E-state index >= 15 is 0 Å². The van der Waals surface area contributed by atoms with Crippen molar-refractivity contribution in [1.29, 1.82) is 0 Å². The zero-order valence-electron chi connectivity index (χ0n) is 19.3. The van der Waals surface area contributed by atoms with E-state index in [0.29, 0.717) is 25.1 Å². The van der Waals surface area contributed by atoms with Crippen LogP contribution in [-0.2, 0) is 10.0 Å². The fraction of sp³-hybridized carbons (Fsp3) is 0.480. The minimum Gasteiger partial charge on any atom is -0.366 e. The van der Waals surface area contributed by atoms with Crippen molar-refractivity contribution in [2.24, 2.45) is 5.73 Å². The van der Waals surface area contributed by atoms with Gasteiger partial charge in [0.25, 0.3) is 5.91 Å². The number of primary amides is 1. The maximum Gasteiger partial charge on any atom is 0.250 e. The average molecular weight is 501 g/mol. The van der Waals surface area contributed by atoms with Crippen LogP contribution in [0.25, 0.3) is 22.0 Å². The molecule has 3 N–H and O–H groups in total. The molecule has 0 bridgehead atoms. The molecule has 2 saturated heterocycles. The number of sulfonamides is 1. The Hall–Kier alpha value is -2.20. The van der Waals surface area contributed by atoms with Gasteiger partial charge in [0.15, 0.2) is 0 Å². The highest BCUT2D eigenvalue weighted by atomic mass is 32.2. The van der Waals surface area contributed by atoms with Crippen molar-refractivity contribution >= 4 is 38.2 Å². The van der Waals surface area contributed by atoms with Gasteiger partial charge >= 0.3 is 0 Å². The highest BCUT2D eigenvalue weighted by molar-refractivity contribution is 7.89. The van der Waals surface area contributed by atoms with Crippen LogP contribution in [0.4, 0.5) is 0 Å². The largest absolute Gasteiger partial charge is 0.366 e. The maximum absolute atomic E-state index is 12.9. The van der Waals surface area contributed by atoms with Crippen LogP contribution in [0.1, 0.15) is 53.9 Å². The number of carbonyl (C=O) groups excluding carboxylic acids is 1. The summed E-state index contributed by atoms with van der Waals surface area (Å²) in [6.07, 6.45) is 6.67. The van der Waals surface area contributed by atoms with E-state index in [1.807, 2.05) is 23.7 Å². The smallest absolute Gasteiger partial charge is 0.250 e. The van der Waals surface area contributed by atoms with E-state index in [4.69, 9.17) is 5.73 Å². The predicted octanol–water partition coefficient (Wildman–Crippen LogP) is 3.99. The minimum absolute atomic E-state index is 0.229. The number of carbonyl (C=O) groups is 1. The average Bonchev–Trinajstić information content (AvgIpc) is 3.60. The Morgan fingerprint density at radius 2 is 1.88 bits per heavy atom. The van der Waals surface area contributed by atoms with E-state index < -0.39 is 15.9 Å². The lowest BCUT2D eigenvalue weighted by Crippen LogP contribution is -2.39. The summed E-state index contributed by atoms with van der Waals surface area (Å²) in [5, 5.41) is 5.08. The van der Waals surface area contributed by atoms with Gasteiger partial charge in [-0.3, -0.25) is 4.79 Å². The Bertz CT molecular complexity index is 1250. The highest BCUT2D eigenvalue weighted by Crippen LogP contribution is 2.37. The molecule has 0 atom stereocenters. The van der Waals surface area contributed by atoms with Crippen molar-refractivity contribution in [2.45, 2.75) is 38.0 Å². The van der Waals surface area contributed by atoms with Crippen molar-refractivity contribution < 1.29 is 13.2 Å². The van der Waals surface area contributed by atoms with Gasteiger partial charge in [-0.15, -0.1) is 0 Å². The molecule has 9 heteroatoms. The molecule has 34 heavy (non-hydrogen) atoms. The van der Waals surface area contributed by atoms with Gasteiger partial charge in [-0.1, -0.05) is 0 Å². The quantitative estimate of drug-likeness (QED) is 0.488. The van der Waals surface area contributed by atoms with Crippen LogP contribution in [0.3, 0.4) is 0 Å². The van der Waals surface area contributed by atoms with Gasteiger partial charge in [0.05, 0.1) is 16.8 Å². The number of hydrogen-bond donors (Lipinski definition) is 2. The molecule has 3 aromatic rings. The number of fused-ring (bicyclic) bond motifs is 1. The summed E-state index contributed by atoms with van der Waals surface area (Å²) in [4.78, 5) is 17.8. The maximum atomic E-state index is 12.9. The lowest BCUT2D eigenvalue weighted by molar-refractivity contribution is 0.100. The summed E-state index contributed by atoms with van der Waals surface area (Å²) in [6, 6.07) is 6.01. The molecule has 7 nitrogen and oxygen atoms in total. The molecule has 2 aliphatic rings. The number of benzene rings is 1. The highest BCUT2D eigenvalue weighted by Gasteiger charge is 2.30. The summed E-state index contributed by atoms with van der Waals surface area (Å²) >= 11 is 1.61. The van der Waals surface area contributed by atoms with Crippen molar-refractivity contribution in [3.8, 4) is 11.1 Å². The molecule has 2 aliphatic heterocycles. The summed E-state index contributed by atoms with van der Waals surface area (Å²) in [6.45, 7) is 4.15. The minimum atomic E-state index is -3.23. The van der Waals surface area contributed by atoms with Crippen molar-refractivity contribution in [3.63, 3.8) is 0 Å². The van der Waals surface area contributed by atoms with Crippen molar-refractivity contribution in [1.82, 2.24) is 14.2 Å². The molecule has 2 fully saturated rings. The second kappa shape index (κ2) is 9.81. The summed E-state index contributed by atoms with van der Waals surface area (Å²) in [5.74, 6) is 0.0151. The third-order valence-electron chi connectivity index (χ3n) is 7.30. The van der Waals surface area contributed by atoms with Crippen LogP contribution in [0.5, 0.6) is 0 Å². The summed E-state index contributed by atoms with van der Waals surface area (Å²) < 4.78 is 27.5. The van der Waals surface area contributed by atoms with Crippen LogP contribution >= 0.6 is 11.3 Å². The summed E-state index contributed by atoms with van der Waals surface area (Å²) in [7, 11) is -3.23. The number of hydrogen-bond acceptors (Lipinski definition) is 5. The first kappa shape index (κ1) is 23.5. The number of piperidine rings is 1. The number of nitrogens with zero attached hydrogens (tertiary/aromatic N) is 2. The van der Waals surface area contributed by atoms with Gasteiger partial charge in [-0.25, -0.2) is 12.7 Å². The standard InChI is InChI=1S/C25H32N4O3S2/c26-25(30)22-15-20(19-6-12-33-17-19)14-21-23(16-27-24(21)22)18-4-10-29(11-5-18)34(31,32)13-3-9-28-7-1-2-8-28/h6,12,14-18,27H,1-5,7-11,13H2,(H2,26,30). The van der Waals surface area contributed by atoms with Crippen LogP contribution in [0.15, 0.2) is 35.2 Å². The van der Waals surface area contributed by atoms with E-state index in [1.54, 1.807) is 15.6 Å². The monoisotopic (exact) mass is 500 g/mol. The first-order chi connectivity index (χ1) is 16.4. The topological polar surface area (TPSA) is 99.5 Å². The molecule has 182 valence electrons. The molecule has 1 aromatic carbocycles. The van der Waals surface area contributed by atoms with Gasteiger partial charge in [0.1, 0.15) is 0 Å². The lowest BCUT2D eigenvalue weighted by Gasteiger charge is -2.31. The van der Waals surface area contributed by atoms with Crippen molar-refractivity contribution in [3.05, 3.63) is 46.3 Å². The molecule has 5 rings (SSSR count). The lowest BCUT2D eigenvalue weighted by atomic mass is 9.88. The SMILES string of the molecule is NC(=O)c1cc(-c2ccsc2)cc2c(C3CCN(S(=O)(=O)CCCN4CCCC4)CC3)c[nH]c12. The Morgan fingerprint density at radius 1 is 1.12 bits per heavy atom. The molecule has 0 spiro atoms. The molecule has 2 aromatic heterocycles. The van der Waals surface area contributed by atoms with E-state index in [-0.39, 0.29) is 11.7 Å². The van der Waals surface area contributed by atoms with Gasteiger partial charge in [-0.2, -0.15) is 11.3 Å². The molecule has 0 unspecified atom stereocenters. The number of rotatable bonds is 8. The van der Waals surface area contributed by atoms with Crippen LogP contribution in [0.2, 0.25) is 0 Å². The van der Waals surface area contributed by atoms with Crippen LogP contribution < -0.4 is 5.73 Å². The number of aromatic amines is 1. The van der Waals surface area contributed by atoms with Crippen molar-refractivity contribution in [2.75, 3.05) is 38.5 Å². The van der Waals surface area contributed by atoms with Gasteiger partial charge in [0, 0.05) is 24.7 Å². The number of nitrogens with one attached hydrogen (secondary N) is 1. The number of nitrogens with two attached hydrogens (primary N) is 1. The first-order valence-electron chi connectivity index (χ1n) is 12.1. The zero-order valence-corrected chi connectivity index (χ0v) is 21.0. The third-order valence-corrected chi connectivity index (χ3v) is 9.94. The normalized spacial score (nSPS) is 18.7. The predicted molar refractivity (Wildman–Crippen MR) is 138 cm³/mol. The van der Waals surface area contributed by atoms with Gasteiger partial charge in [0.2, 0.25) is 10.0 Å². The molecule has 0 aliphatic carbocycles. The Kier molecular flexibility index (Phi) is 6.79. The molecular weight excluding hydrogens is 468 g/mol. The second-order valence-electron chi connectivity index (χ2n) is 9.46. The van der Waals surface area contributed by atoms with Crippen LogP contribution in [-0.4, -0.2) is 67.0 Å². The zero-order chi connectivity index (χ0) is 23.7. The number of amides is 1. The van der Waals surface area contributed by atoms with E-state index in [2.05, 4.69) is 21.3 Å². The molecule has 1 amide bonds. The van der Waals surface area contributed by atoms with Gasteiger partial charge < -0.3 is 15.6 Å². The first-order valence-corrected chi connectivity index (χ1v) is 14.6. The molecule has 4 heterocycles. The number of likely N-dealkylation sites (tertiary alicyclic amines) is 1. The Labute approximate surface area is 205 Å². The Morgan fingerprint density at radius 3 is 2.56 bits per heavy atom. The number of aromatic nitrogens is 1. The van der Waals surface area contributed by atoms with E-state index in [1.165, 1.54) is 12.8 Å². The molecular formula is C25H32N4O3S2. The van der Waals surface area contributed by atoms with E-state index in [0.717, 1.165) is 60.1 Å². The Balaban J connectivity index is 1.30. The third kappa shape index (κ3) is 4.79. The number of thiophene rings is 1. The van der Waals surface area contributed by atoms with Crippen LogP contribution in [0, 0.1) is 0 Å². The summed E-state index contributed by atoms with van der Waals surface area (Å²) in [5.41, 5.74) is 10.1. The fourth-order valence-electron chi connectivity index (χ4n) is 5.43. The fourth-order valence-corrected chi connectivity index (χ4v) is 7.62. The van der Waals surface area contributed by atoms with Gasteiger partial charge in [-0.05, 0) is 103 Å². The molecule has 0 saturated carbocycles.